The summed E-state index contributed by atoms with van der Waals surface area (Å²) in [6, 6.07) is 1.77. The van der Waals surface area contributed by atoms with Crippen LogP contribution in [0.15, 0.2) is 16.7 Å². The maximum Gasteiger partial charge on any atom is 0.185 e. The summed E-state index contributed by atoms with van der Waals surface area (Å²) in [5.41, 5.74) is 3.15. The molecule has 0 amide bonds. The van der Waals surface area contributed by atoms with Crippen LogP contribution in [0.1, 0.15) is 21.9 Å². The van der Waals surface area contributed by atoms with Crippen LogP contribution < -0.4 is 0 Å². The van der Waals surface area contributed by atoms with Crippen molar-refractivity contribution in [2.75, 3.05) is 0 Å². The zero-order valence-corrected chi connectivity index (χ0v) is 8.36. The highest BCUT2D eigenvalue weighted by molar-refractivity contribution is 5.77. The lowest BCUT2D eigenvalue weighted by molar-refractivity contribution is 0.109. The molecule has 2 aromatic rings. The van der Waals surface area contributed by atoms with Gasteiger partial charge in [-0.1, -0.05) is 0 Å². The first-order chi connectivity index (χ1) is 7.28. The molecule has 0 N–H and O–H groups in total. The first kappa shape index (κ1) is 8.47. The summed E-state index contributed by atoms with van der Waals surface area (Å²) in [6.45, 7) is 0. The second kappa shape index (κ2) is 2.82. The minimum atomic E-state index is 0.388. The molecule has 0 unspecified atom stereocenters. The van der Waals surface area contributed by atoms with E-state index >= 15 is 0 Å². The van der Waals surface area contributed by atoms with Crippen LogP contribution in [-0.4, -0.2) is 16.1 Å². The van der Waals surface area contributed by atoms with E-state index < -0.39 is 0 Å². The molecule has 0 bridgehead atoms. The fraction of sp³-hybridized carbons (Fsp3) is 0.273. The molecule has 0 atom stereocenters. The Morgan fingerprint density at radius 1 is 1.53 bits per heavy atom. The van der Waals surface area contributed by atoms with Gasteiger partial charge in [-0.25, -0.2) is 0 Å². The summed E-state index contributed by atoms with van der Waals surface area (Å²) in [5.74, 6) is 1.27. The van der Waals surface area contributed by atoms with Gasteiger partial charge in [-0.3, -0.25) is 9.48 Å². The Labute approximate surface area is 86.5 Å². The summed E-state index contributed by atoms with van der Waals surface area (Å²) in [5, 5.41) is 4.38. The third-order valence-electron chi connectivity index (χ3n) is 2.73. The molecule has 4 heteroatoms. The summed E-state index contributed by atoms with van der Waals surface area (Å²) >= 11 is 0. The number of aryl methyl sites for hydroxylation is 3. The molecular formula is C11H10N2O2. The van der Waals surface area contributed by atoms with Gasteiger partial charge >= 0.3 is 0 Å². The Hall–Kier alpha value is -1.84. The monoisotopic (exact) mass is 202 g/mol. The van der Waals surface area contributed by atoms with Gasteiger partial charge in [0.25, 0.3) is 0 Å². The molecule has 0 saturated heterocycles. The van der Waals surface area contributed by atoms with Gasteiger partial charge in [-0.15, -0.1) is 0 Å². The molecule has 0 saturated carbocycles. The van der Waals surface area contributed by atoms with Crippen LogP contribution in [-0.2, 0) is 19.9 Å². The number of carbonyl (C=O) groups excluding carboxylic acids is 1. The molecule has 0 spiro atoms. The molecule has 2 heterocycles. The van der Waals surface area contributed by atoms with Gasteiger partial charge in [0.1, 0.15) is 5.76 Å². The summed E-state index contributed by atoms with van der Waals surface area (Å²) in [6.07, 6.45) is 4.54. The van der Waals surface area contributed by atoms with E-state index in [0.29, 0.717) is 5.76 Å². The first-order valence-corrected chi connectivity index (χ1v) is 4.88. The number of rotatable bonds is 1. The van der Waals surface area contributed by atoms with Crippen LogP contribution in [0.3, 0.4) is 0 Å². The summed E-state index contributed by atoms with van der Waals surface area (Å²) in [7, 11) is 1.90. The second-order valence-electron chi connectivity index (χ2n) is 3.78. The van der Waals surface area contributed by atoms with Crippen LogP contribution in [0.25, 0.3) is 11.3 Å². The predicted molar refractivity (Wildman–Crippen MR) is 53.7 cm³/mol. The Morgan fingerprint density at radius 2 is 2.40 bits per heavy atom. The van der Waals surface area contributed by atoms with Crippen molar-refractivity contribution in [2.45, 2.75) is 12.8 Å². The summed E-state index contributed by atoms with van der Waals surface area (Å²) < 4.78 is 7.20. The number of nitrogens with zero attached hydrogens (tertiary/aromatic N) is 2. The Bertz CT molecular complexity index is 537. The highest BCUT2D eigenvalue weighted by Gasteiger charge is 2.23. The first-order valence-electron chi connectivity index (χ1n) is 4.88. The van der Waals surface area contributed by atoms with Crippen LogP contribution >= 0.6 is 0 Å². The molecule has 0 fully saturated rings. The van der Waals surface area contributed by atoms with Crippen molar-refractivity contribution in [1.82, 2.24) is 9.78 Å². The average Bonchev–Trinajstić information content (AvgIpc) is 2.78. The molecule has 2 aromatic heterocycles. The normalized spacial score (nSPS) is 13.4. The van der Waals surface area contributed by atoms with Gasteiger partial charge in [0.2, 0.25) is 0 Å². The fourth-order valence-corrected chi connectivity index (χ4v) is 2.09. The number of furan rings is 1. The maximum absolute atomic E-state index is 10.6. The predicted octanol–water partition coefficient (Wildman–Crippen LogP) is 1.59. The SMILES string of the molecule is Cn1cc2c(n1)-c1cc(C=O)oc1CC2. The van der Waals surface area contributed by atoms with E-state index in [-0.39, 0.29) is 0 Å². The topological polar surface area (TPSA) is 48.0 Å². The molecular weight excluding hydrogens is 192 g/mol. The average molecular weight is 202 g/mol. The minimum absolute atomic E-state index is 0.388. The second-order valence-corrected chi connectivity index (χ2v) is 3.78. The Morgan fingerprint density at radius 3 is 3.20 bits per heavy atom. The molecule has 1 aliphatic rings. The van der Waals surface area contributed by atoms with Gasteiger partial charge in [-0.05, 0) is 18.1 Å². The lowest BCUT2D eigenvalue weighted by Crippen LogP contribution is -1.99. The van der Waals surface area contributed by atoms with Crippen molar-refractivity contribution in [2.24, 2.45) is 7.05 Å². The molecule has 15 heavy (non-hydrogen) atoms. The van der Waals surface area contributed by atoms with Gasteiger partial charge in [0, 0.05) is 25.2 Å². The maximum atomic E-state index is 10.6. The van der Waals surface area contributed by atoms with Crippen LogP contribution in [0.4, 0.5) is 0 Å². The fourth-order valence-electron chi connectivity index (χ4n) is 2.09. The quantitative estimate of drug-likeness (QED) is 0.660. The van der Waals surface area contributed by atoms with E-state index in [1.54, 1.807) is 10.7 Å². The van der Waals surface area contributed by atoms with Gasteiger partial charge in [0.15, 0.2) is 12.0 Å². The van der Waals surface area contributed by atoms with Crippen LogP contribution in [0.5, 0.6) is 0 Å². The zero-order chi connectivity index (χ0) is 10.4. The van der Waals surface area contributed by atoms with E-state index in [2.05, 4.69) is 5.10 Å². The summed E-state index contributed by atoms with van der Waals surface area (Å²) in [4.78, 5) is 10.6. The standard InChI is InChI=1S/C11H10N2O2/c1-13-5-7-2-3-10-9(11(7)12-13)4-8(6-14)15-10/h4-6H,2-3H2,1H3. The van der Waals surface area contributed by atoms with Crippen molar-refractivity contribution in [3.63, 3.8) is 0 Å². The molecule has 3 rings (SSSR count). The third kappa shape index (κ3) is 1.14. The number of fused-ring (bicyclic) bond motifs is 3. The largest absolute Gasteiger partial charge is 0.458 e. The van der Waals surface area contributed by atoms with Crippen molar-refractivity contribution < 1.29 is 9.21 Å². The Kier molecular flexibility index (Phi) is 1.59. The molecule has 0 radical (unpaired) electrons. The highest BCUT2D eigenvalue weighted by atomic mass is 16.3. The van der Waals surface area contributed by atoms with Crippen LogP contribution in [0, 0.1) is 0 Å². The van der Waals surface area contributed by atoms with Crippen molar-refractivity contribution >= 4 is 6.29 Å². The zero-order valence-electron chi connectivity index (χ0n) is 8.36. The van der Waals surface area contributed by atoms with Crippen molar-refractivity contribution in [3.8, 4) is 11.3 Å². The van der Waals surface area contributed by atoms with Gasteiger partial charge < -0.3 is 4.42 Å². The molecule has 0 aliphatic heterocycles. The molecule has 76 valence electrons. The third-order valence-corrected chi connectivity index (χ3v) is 2.73. The van der Waals surface area contributed by atoms with E-state index in [4.69, 9.17) is 4.42 Å². The van der Waals surface area contributed by atoms with Gasteiger partial charge in [0.05, 0.1) is 5.69 Å². The van der Waals surface area contributed by atoms with E-state index in [1.807, 2.05) is 13.2 Å². The van der Waals surface area contributed by atoms with E-state index in [0.717, 1.165) is 36.1 Å². The number of hydrogen-bond acceptors (Lipinski definition) is 3. The molecule has 4 nitrogen and oxygen atoms in total. The minimum Gasteiger partial charge on any atom is -0.458 e. The highest BCUT2D eigenvalue weighted by Crippen LogP contribution is 2.33. The van der Waals surface area contributed by atoms with Crippen molar-refractivity contribution in [3.05, 3.63) is 29.3 Å². The van der Waals surface area contributed by atoms with Crippen LogP contribution in [0.2, 0.25) is 0 Å². The number of hydrogen-bond donors (Lipinski definition) is 0. The lowest BCUT2D eigenvalue weighted by atomic mass is 9.97. The van der Waals surface area contributed by atoms with Gasteiger partial charge in [-0.2, -0.15) is 5.10 Å². The Balaban J connectivity index is 2.23. The van der Waals surface area contributed by atoms with Crippen molar-refractivity contribution in [1.29, 1.82) is 0 Å². The lowest BCUT2D eigenvalue weighted by Gasteiger charge is -2.07. The molecule has 0 aromatic carbocycles. The molecule has 1 aliphatic carbocycles. The smallest absolute Gasteiger partial charge is 0.185 e. The number of carbonyl (C=O) groups is 1. The van der Waals surface area contributed by atoms with E-state index in [9.17, 15) is 4.79 Å². The van der Waals surface area contributed by atoms with E-state index in [1.165, 1.54) is 5.56 Å². The number of aldehydes is 1. The number of aromatic nitrogens is 2.